The summed E-state index contributed by atoms with van der Waals surface area (Å²) in [5.41, 5.74) is 1.16. The predicted octanol–water partition coefficient (Wildman–Crippen LogP) is 5.34. The molecule has 4 heterocycles. The minimum absolute atomic E-state index is 0.201. The van der Waals surface area contributed by atoms with E-state index in [1.54, 1.807) is 19.4 Å². The first-order valence-corrected chi connectivity index (χ1v) is 13.0. The molecule has 6 rings (SSSR count). The molecule has 37 heavy (non-hydrogen) atoms. The smallest absolute Gasteiger partial charge is 0.416 e. The number of fused-ring (bicyclic) bond motifs is 3. The maximum absolute atomic E-state index is 13.4. The molecule has 7 nitrogen and oxygen atoms in total. The molecule has 3 aromatic rings. The van der Waals surface area contributed by atoms with E-state index < -0.39 is 11.7 Å². The Morgan fingerprint density at radius 1 is 1.03 bits per heavy atom. The number of hydrogen-bond donors (Lipinski definition) is 1. The predicted molar refractivity (Wildman–Crippen MR) is 134 cm³/mol. The summed E-state index contributed by atoms with van der Waals surface area (Å²) >= 11 is 0. The van der Waals surface area contributed by atoms with E-state index in [1.165, 1.54) is 12.1 Å². The van der Waals surface area contributed by atoms with Crippen molar-refractivity contribution < 1.29 is 17.9 Å². The van der Waals surface area contributed by atoms with Crippen molar-refractivity contribution in [2.75, 3.05) is 30.4 Å². The minimum Gasteiger partial charge on any atom is -0.481 e. The van der Waals surface area contributed by atoms with Gasteiger partial charge in [0, 0.05) is 49.5 Å². The molecule has 2 aliphatic heterocycles. The van der Waals surface area contributed by atoms with E-state index in [9.17, 15) is 13.2 Å². The van der Waals surface area contributed by atoms with E-state index in [2.05, 4.69) is 15.2 Å². The number of nitrogens with zero attached hydrogens (tertiary/aromatic N) is 5. The van der Waals surface area contributed by atoms with Crippen LogP contribution in [0.25, 0.3) is 0 Å². The average Bonchev–Trinajstić information content (AvgIpc) is 3.30. The van der Waals surface area contributed by atoms with Gasteiger partial charge in [0.1, 0.15) is 5.82 Å². The van der Waals surface area contributed by atoms with Gasteiger partial charge in [-0.3, -0.25) is 0 Å². The number of ether oxygens (including phenoxy) is 1. The summed E-state index contributed by atoms with van der Waals surface area (Å²) in [5, 5.41) is 8.42. The number of hydrogen-bond acceptors (Lipinski definition) is 6. The maximum Gasteiger partial charge on any atom is 0.416 e. The second-order valence-corrected chi connectivity index (χ2v) is 10.4. The van der Waals surface area contributed by atoms with Gasteiger partial charge in [0.15, 0.2) is 0 Å². The van der Waals surface area contributed by atoms with Crippen LogP contribution in [0.5, 0.6) is 5.88 Å². The Bertz CT molecular complexity index is 1250. The molecule has 1 N–H and O–H groups in total. The third-order valence-electron chi connectivity index (χ3n) is 8.16. The number of pyridine rings is 1. The first kappa shape index (κ1) is 24.1. The monoisotopic (exact) mass is 512 g/mol. The van der Waals surface area contributed by atoms with E-state index in [4.69, 9.17) is 14.8 Å². The lowest BCUT2D eigenvalue weighted by molar-refractivity contribution is -0.137. The van der Waals surface area contributed by atoms with E-state index >= 15 is 0 Å². The summed E-state index contributed by atoms with van der Waals surface area (Å²) in [6, 6.07) is 9.95. The molecule has 2 bridgehead atoms. The standard InChI is InChI=1S/C27H31F3N6O/c1-37-23-14-21(10-11-31-23)35-15-18-8-9-19(16-35)24(18)32-26-33-25-22(7-2-3-12-36(25)34-26)17-5-4-6-20(13-17)27(28,29)30/h4-6,10-11,13-14,18-19,22,24H,2-3,7-9,12,15-16H2,1H3,(H,32,34)/t18-,19+,22?,24+. The minimum atomic E-state index is -4.36. The highest BCUT2D eigenvalue weighted by Gasteiger charge is 2.43. The Labute approximate surface area is 214 Å². The van der Waals surface area contributed by atoms with E-state index in [1.807, 2.05) is 16.8 Å². The third kappa shape index (κ3) is 4.73. The molecular weight excluding hydrogens is 481 g/mol. The van der Waals surface area contributed by atoms with Gasteiger partial charge >= 0.3 is 6.18 Å². The largest absolute Gasteiger partial charge is 0.481 e. The summed E-state index contributed by atoms with van der Waals surface area (Å²) in [5.74, 6) is 2.68. The van der Waals surface area contributed by atoms with Crippen LogP contribution in [0.15, 0.2) is 42.6 Å². The second-order valence-electron chi connectivity index (χ2n) is 10.4. The molecule has 196 valence electrons. The average molecular weight is 513 g/mol. The van der Waals surface area contributed by atoms with Crippen molar-refractivity contribution in [2.45, 2.75) is 56.8 Å². The van der Waals surface area contributed by atoms with Crippen LogP contribution in [0.2, 0.25) is 0 Å². The molecule has 1 aromatic carbocycles. The molecule has 1 aliphatic carbocycles. The van der Waals surface area contributed by atoms with Gasteiger partial charge in [0.25, 0.3) is 0 Å². The van der Waals surface area contributed by atoms with Crippen molar-refractivity contribution in [3.05, 3.63) is 59.5 Å². The highest BCUT2D eigenvalue weighted by molar-refractivity contribution is 5.49. The van der Waals surface area contributed by atoms with Gasteiger partial charge in [0.05, 0.1) is 12.7 Å². The van der Waals surface area contributed by atoms with Crippen molar-refractivity contribution in [2.24, 2.45) is 11.8 Å². The Balaban J connectivity index is 1.21. The first-order valence-electron chi connectivity index (χ1n) is 13.0. The topological polar surface area (TPSA) is 68.1 Å². The zero-order valence-corrected chi connectivity index (χ0v) is 20.8. The number of methoxy groups -OCH3 is 1. The molecule has 2 aromatic heterocycles. The number of aromatic nitrogens is 4. The summed E-state index contributed by atoms with van der Waals surface area (Å²) in [4.78, 5) is 11.5. The first-order chi connectivity index (χ1) is 17.9. The van der Waals surface area contributed by atoms with Crippen molar-refractivity contribution in [1.29, 1.82) is 0 Å². The molecular formula is C27H31F3N6O. The van der Waals surface area contributed by atoms with Gasteiger partial charge in [-0.05, 0) is 55.2 Å². The molecule has 0 amide bonds. The SMILES string of the molecule is COc1cc(N2C[C@H]3CC[C@@H](C2)[C@H]3Nc2nc3n(n2)CCCCC3c2cccc(C(F)(F)F)c2)ccn1. The zero-order chi connectivity index (χ0) is 25.6. The molecule has 3 aliphatic rings. The summed E-state index contributed by atoms with van der Waals surface area (Å²) in [7, 11) is 1.63. The molecule has 1 saturated carbocycles. The zero-order valence-electron chi connectivity index (χ0n) is 20.8. The van der Waals surface area contributed by atoms with Gasteiger partial charge in [-0.1, -0.05) is 24.6 Å². The summed E-state index contributed by atoms with van der Waals surface area (Å²) < 4.78 is 47.3. The van der Waals surface area contributed by atoms with Crippen LogP contribution in [0.3, 0.4) is 0 Å². The van der Waals surface area contributed by atoms with Crippen molar-refractivity contribution in [1.82, 2.24) is 19.7 Å². The number of halogens is 3. The quantitative estimate of drug-likeness (QED) is 0.498. The molecule has 0 radical (unpaired) electrons. The van der Waals surface area contributed by atoms with Crippen LogP contribution in [-0.4, -0.2) is 46.0 Å². The van der Waals surface area contributed by atoms with Crippen LogP contribution in [0.4, 0.5) is 24.8 Å². The lowest BCUT2D eigenvalue weighted by atomic mass is 9.91. The van der Waals surface area contributed by atoms with Gasteiger partial charge in [0.2, 0.25) is 11.8 Å². The molecule has 10 heteroatoms. The van der Waals surface area contributed by atoms with Gasteiger partial charge in [-0.25, -0.2) is 9.67 Å². The fraction of sp³-hybridized carbons (Fsp3) is 0.519. The second kappa shape index (κ2) is 9.54. The number of nitrogens with one attached hydrogen (secondary N) is 1. The number of alkyl halides is 3. The number of anilines is 2. The van der Waals surface area contributed by atoms with Gasteiger partial charge in [-0.2, -0.15) is 18.2 Å². The lowest BCUT2D eigenvalue weighted by Gasteiger charge is -2.39. The summed E-state index contributed by atoms with van der Waals surface area (Å²) in [6.45, 7) is 2.60. The number of aryl methyl sites for hydroxylation is 1. The lowest BCUT2D eigenvalue weighted by Crippen LogP contribution is -2.48. The molecule has 0 spiro atoms. The number of piperidine rings is 1. The number of rotatable bonds is 5. The molecule has 2 fully saturated rings. The highest BCUT2D eigenvalue weighted by atomic mass is 19.4. The molecule has 4 atom stereocenters. The Hall–Kier alpha value is -3.30. The highest BCUT2D eigenvalue weighted by Crippen LogP contribution is 2.41. The number of benzene rings is 1. The van der Waals surface area contributed by atoms with Crippen molar-refractivity contribution in [3.8, 4) is 5.88 Å². The van der Waals surface area contributed by atoms with E-state index in [0.717, 1.165) is 69.3 Å². The van der Waals surface area contributed by atoms with E-state index in [0.29, 0.717) is 29.2 Å². The van der Waals surface area contributed by atoms with Gasteiger partial charge in [-0.15, -0.1) is 5.10 Å². The fourth-order valence-corrected chi connectivity index (χ4v) is 6.35. The van der Waals surface area contributed by atoms with Crippen molar-refractivity contribution >= 4 is 11.6 Å². The van der Waals surface area contributed by atoms with Crippen LogP contribution in [-0.2, 0) is 12.7 Å². The van der Waals surface area contributed by atoms with Crippen LogP contribution in [0.1, 0.15) is 55.0 Å². The summed E-state index contributed by atoms with van der Waals surface area (Å²) in [6.07, 6.45) is 2.32. The Kier molecular flexibility index (Phi) is 6.20. The van der Waals surface area contributed by atoms with Crippen LogP contribution < -0.4 is 15.0 Å². The third-order valence-corrected chi connectivity index (χ3v) is 8.16. The van der Waals surface area contributed by atoms with Crippen LogP contribution in [0, 0.1) is 11.8 Å². The van der Waals surface area contributed by atoms with Crippen molar-refractivity contribution in [3.63, 3.8) is 0 Å². The van der Waals surface area contributed by atoms with E-state index in [-0.39, 0.29) is 12.0 Å². The maximum atomic E-state index is 13.4. The van der Waals surface area contributed by atoms with Gasteiger partial charge < -0.3 is 15.0 Å². The molecule has 1 saturated heterocycles. The Morgan fingerprint density at radius 3 is 2.59 bits per heavy atom. The normalized spacial score (nSPS) is 25.5. The van der Waals surface area contributed by atoms with Crippen LogP contribution >= 0.6 is 0 Å². The molecule has 1 unspecified atom stereocenters. The Morgan fingerprint density at radius 2 is 1.84 bits per heavy atom. The fourth-order valence-electron chi connectivity index (χ4n) is 6.35.